The second-order valence-electron chi connectivity index (χ2n) is 7.38. The normalized spacial score (nSPS) is 11.6. The number of ether oxygens (including phenoxy) is 1. The van der Waals surface area contributed by atoms with Crippen LogP contribution in [0.3, 0.4) is 0 Å². The number of hydrogen-bond acceptors (Lipinski definition) is 3. The van der Waals surface area contributed by atoms with E-state index in [0.717, 1.165) is 29.3 Å². The first kappa shape index (κ1) is 25.2. The molecule has 0 unspecified atom stereocenters. The summed E-state index contributed by atoms with van der Waals surface area (Å²) in [6.45, 7) is 6.60. The van der Waals surface area contributed by atoms with Crippen molar-refractivity contribution in [2.24, 2.45) is 0 Å². The molecule has 5 nitrogen and oxygen atoms in total. The highest BCUT2D eigenvalue weighted by molar-refractivity contribution is 9.10. The van der Waals surface area contributed by atoms with Gasteiger partial charge in [0.15, 0.2) is 6.61 Å². The Balaban J connectivity index is 2.12. The molecule has 0 fully saturated rings. The molecule has 0 bridgehead atoms. The average Bonchev–Trinajstić information content (AvgIpc) is 2.77. The standard InChI is InChI=1S/C24H30BrClN2O3/c1-4-6-13-27-24(30)17(3)28(15-19-7-10-20(26)11-8-19)23(29)16-31-22-12-9-18(5-2)14-21(22)25/h7-12,14,17H,4-6,13,15-16H2,1-3H3,(H,27,30)/t17-/m0/s1. The largest absolute Gasteiger partial charge is 0.483 e. The van der Waals surface area contributed by atoms with E-state index in [0.29, 0.717) is 17.3 Å². The summed E-state index contributed by atoms with van der Waals surface area (Å²) in [5.41, 5.74) is 2.06. The van der Waals surface area contributed by atoms with Crippen LogP contribution in [-0.4, -0.2) is 35.9 Å². The Hall–Kier alpha value is -2.05. The van der Waals surface area contributed by atoms with Crippen LogP contribution < -0.4 is 10.1 Å². The number of nitrogens with zero attached hydrogens (tertiary/aromatic N) is 1. The summed E-state index contributed by atoms with van der Waals surface area (Å²) in [7, 11) is 0. The molecule has 2 amide bonds. The molecule has 0 spiro atoms. The van der Waals surface area contributed by atoms with E-state index < -0.39 is 6.04 Å². The zero-order valence-electron chi connectivity index (χ0n) is 18.3. The van der Waals surface area contributed by atoms with Gasteiger partial charge in [-0.15, -0.1) is 0 Å². The lowest BCUT2D eigenvalue weighted by molar-refractivity contribution is -0.142. The van der Waals surface area contributed by atoms with Gasteiger partial charge in [0.1, 0.15) is 11.8 Å². The van der Waals surface area contributed by atoms with Crippen LogP contribution in [0.4, 0.5) is 0 Å². The minimum Gasteiger partial charge on any atom is -0.483 e. The number of hydrogen-bond donors (Lipinski definition) is 1. The molecule has 2 aromatic rings. The molecule has 0 radical (unpaired) electrons. The maximum absolute atomic E-state index is 13.1. The lowest BCUT2D eigenvalue weighted by Crippen LogP contribution is -2.49. The van der Waals surface area contributed by atoms with Crippen LogP contribution in [0.15, 0.2) is 46.9 Å². The molecular weight excluding hydrogens is 480 g/mol. The van der Waals surface area contributed by atoms with Crippen LogP contribution in [-0.2, 0) is 22.6 Å². The van der Waals surface area contributed by atoms with Crippen molar-refractivity contribution >= 4 is 39.3 Å². The third-order valence-corrected chi connectivity index (χ3v) is 5.89. The molecule has 0 aliphatic rings. The number of carbonyl (C=O) groups excluding carboxylic acids is 2. The van der Waals surface area contributed by atoms with Crippen molar-refractivity contribution in [2.75, 3.05) is 13.2 Å². The van der Waals surface area contributed by atoms with Crippen molar-refractivity contribution < 1.29 is 14.3 Å². The fourth-order valence-electron chi connectivity index (χ4n) is 3.01. The Morgan fingerprint density at radius 3 is 2.42 bits per heavy atom. The van der Waals surface area contributed by atoms with E-state index in [2.05, 4.69) is 35.1 Å². The van der Waals surface area contributed by atoms with Gasteiger partial charge in [-0.1, -0.05) is 50.1 Å². The molecule has 1 N–H and O–H groups in total. The van der Waals surface area contributed by atoms with Crippen molar-refractivity contribution in [1.82, 2.24) is 10.2 Å². The number of carbonyl (C=O) groups is 2. The van der Waals surface area contributed by atoms with E-state index in [1.807, 2.05) is 30.3 Å². The van der Waals surface area contributed by atoms with Gasteiger partial charge in [0.2, 0.25) is 5.91 Å². The quantitative estimate of drug-likeness (QED) is 0.414. The van der Waals surface area contributed by atoms with Crippen molar-refractivity contribution in [1.29, 1.82) is 0 Å². The molecular formula is C24H30BrClN2O3. The molecule has 0 saturated carbocycles. The van der Waals surface area contributed by atoms with Crippen LogP contribution in [0.5, 0.6) is 5.75 Å². The highest BCUT2D eigenvalue weighted by Gasteiger charge is 2.26. The Morgan fingerprint density at radius 1 is 1.13 bits per heavy atom. The van der Waals surface area contributed by atoms with Gasteiger partial charge in [-0.2, -0.15) is 0 Å². The lowest BCUT2D eigenvalue weighted by Gasteiger charge is -2.29. The minimum absolute atomic E-state index is 0.162. The average molecular weight is 510 g/mol. The monoisotopic (exact) mass is 508 g/mol. The second-order valence-corrected chi connectivity index (χ2v) is 8.67. The number of benzene rings is 2. The summed E-state index contributed by atoms with van der Waals surface area (Å²) in [5.74, 6) is 0.154. The molecule has 2 aromatic carbocycles. The van der Waals surface area contributed by atoms with Crippen molar-refractivity contribution in [3.63, 3.8) is 0 Å². The fourth-order valence-corrected chi connectivity index (χ4v) is 3.68. The van der Waals surface area contributed by atoms with Crippen LogP contribution >= 0.6 is 27.5 Å². The summed E-state index contributed by atoms with van der Waals surface area (Å²) in [5, 5.41) is 3.53. The maximum Gasteiger partial charge on any atom is 0.261 e. The number of nitrogens with one attached hydrogen (secondary N) is 1. The van der Waals surface area contributed by atoms with Crippen molar-refractivity contribution in [2.45, 2.75) is 52.6 Å². The van der Waals surface area contributed by atoms with Gasteiger partial charge in [-0.3, -0.25) is 9.59 Å². The topological polar surface area (TPSA) is 58.6 Å². The molecule has 2 rings (SSSR count). The Bertz CT molecular complexity index is 874. The summed E-state index contributed by atoms with van der Waals surface area (Å²) in [6, 6.07) is 12.4. The summed E-state index contributed by atoms with van der Waals surface area (Å²) >= 11 is 9.48. The molecule has 0 heterocycles. The zero-order valence-corrected chi connectivity index (χ0v) is 20.6. The highest BCUT2D eigenvalue weighted by atomic mass is 79.9. The number of aryl methyl sites for hydroxylation is 1. The van der Waals surface area contributed by atoms with E-state index in [9.17, 15) is 9.59 Å². The van der Waals surface area contributed by atoms with Gasteiger partial charge in [0.25, 0.3) is 5.91 Å². The number of halogens is 2. The van der Waals surface area contributed by atoms with Gasteiger partial charge < -0.3 is 15.0 Å². The maximum atomic E-state index is 13.1. The molecule has 0 saturated heterocycles. The Labute approximate surface area is 198 Å². The molecule has 1 atom stereocenters. The van der Waals surface area contributed by atoms with Gasteiger partial charge in [-0.05, 0) is 71.1 Å². The van der Waals surface area contributed by atoms with Crippen molar-refractivity contribution in [3.8, 4) is 5.75 Å². The van der Waals surface area contributed by atoms with Crippen molar-refractivity contribution in [3.05, 3.63) is 63.1 Å². The SMILES string of the molecule is CCCCNC(=O)[C@H](C)N(Cc1ccc(Cl)cc1)C(=O)COc1ccc(CC)cc1Br. The number of unbranched alkanes of at least 4 members (excludes halogenated alkanes) is 1. The smallest absolute Gasteiger partial charge is 0.261 e. The molecule has 0 aliphatic heterocycles. The van der Waals surface area contributed by atoms with Crippen LogP contribution in [0, 0.1) is 0 Å². The van der Waals surface area contributed by atoms with Gasteiger partial charge in [0.05, 0.1) is 4.47 Å². The molecule has 31 heavy (non-hydrogen) atoms. The molecule has 0 aromatic heterocycles. The van der Waals surface area contributed by atoms with E-state index in [4.69, 9.17) is 16.3 Å². The fraction of sp³-hybridized carbons (Fsp3) is 0.417. The first-order chi connectivity index (χ1) is 14.8. The summed E-state index contributed by atoms with van der Waals surface area (Å²) in [4.78, 5) is 27.3. The van der Waals surface area contributed by atoms with E-state index in [-0.39, 0.29) is 25.0 Å². The van der Waals surface area contributed by atoms with E-state index in [1.54, 1.807) is 24.0 Å². The summed E-state index contributed by atoms with van der Waals surface area (Å²) < 4.78 is 6.57. The highest BCUT2D eigenvalue weighted by Crippen LogP contribution is 2.26. The van der Waals surface area contributed by atoms with Gasteiger partial charge in [0, 0.05) is 18.1 Å². The Kier molecular flexibility index (Phi) is 10.3. The second kappa shape index (κ2) is 12.7. The Morgan fingerprint density at radius 2 is 1.81 bits per heavy atom. The van der Waals surface area contributed by atoms with Crippen LogP contribution in [0.1, 0.15) is 44.7 Å². The first-order valence-electron chi connectivity index (χ1n) is 10.6. The van der Waals surface area contributed by atoms with Crippen LogP contribution in [0.25, 0.3) is 0 Å². The zero-order chi connectivity index (χ0) is 22.8. The molecule has 7 heteroatoms. The van der Waals surface area contributed by atoms with Crippen LogP contribution in [0.2, 0.25) is 5.02 Å². The molecule has 0 aliphatic carbocycles. The van der Waals surface area contributed by atoms with Gasteiger partial charge in [-0.25, -0.2) is 0 Å². The van der Waals surface area contributed by atoms with Gasteiger partial charge >= 0.3 is 0 Å². The molecule has 168 valence electrons. The lowest BCUT2D eigenvalue weighted by atomic mass is 10.1. The third kappa shape index (κ3) is 7.86. The predicted octanol–water partition coefficient (Wildman–Crippen LogP) is 5.38. The first-order valence-corrected chi connectivity index (χ1v) is 11.8. The van der Waals surface area contributed by atoms with E-state index >= 15 is 0 Å². The predicted molar refractivity (Wildman–Crippen MR) is 128 cm³/mol. The van der Waals surface area contributed by atoms with E-state index in [1.165, 1.54) is 5.56 Å². The summed E-state index contributed by atoms with van der Waals surface area (Å²) in [6.07, 6.45) is 2.80. The minimum atomic E-state index is -0.630. The third-order valence-electron chi connectivity index (χ3n) is 5.02. The number of rotatable bonds is 11. The number of amides is 2.